The molecule has 0 atom stereocenters. The van der Waals surface area contributed by atoms with Crippen LogP contribution in [0.3, 0.4) is 0 Å². The number of hydrogen-bond acceptors (Lipinski definition) is 8. The lowest BCUT2D eigenvalue weighted by molar-refractivity contribution is 0.0733. The van der Waals surface area contributed by atoms with Gasteiger partial charge in [-0.1, -0.05) is 11.8 Å². The Kier molecular flexibility index (Phi) is 7.39. The zero-order valence-corrected chi connectivity index (χ0v) is 19.3. The molecule has 8 nitrogen and oxygen atoms in total. The first-order valence-corrected chi connectivity index (χ1v) is 11.9. The van der Waals surface area contributed by atoms with Crippen LogP contribution in [0.1, 0.15) is 33.2 Å². The molecule has 10 heteroatoms. The second-order valence-electron chi connectivity index (χ2n) is 6.90. The van der Waals surface area contributed by atoms with Gasteiger partial charge in [0.1, 0.15) is 5.75 Å². The number of hydrogen-bond donors (Lipinski definition) is 0. The number of nitrogens with zero attached hydrogens (tertiary/aromatic N) is 3. The van der Waals surface area contributed by atoms with Gasteiger partial charge < -0.3 is 4.74 Å². The molecule has 3 aromatic rings. The summed E-state index contributed by atoms with van der Waals surface area (Å²) in [5.41, 5.74) is 1.33. The minimum absolute atomic E-state index is 0.0739. The number of esters is 1. The Bertz CT molecular complexity index is 1230. The predicted octanol–water partition coefficient (Wildman–Crippen LogP) is 3.44. The second kappa shape index (κ2) is 10.0. The van der Waals surface area contributed by atoms with Crippen LogP contribution in [0.2, 0.25) is 0 Å². The lowest BCUT2D eigenvalue weighted by Gasteiger charge is -2.13. The van der Waals surface area contributed by atoms with Gasteiger partial charge in [0.25, 0.3) is 0 Å². The molecule has 0 bridgehead atoms. The average molecular weight is 472 g/mol. The summed E-state index contributed by atoms with van der Waals surface area (Å²) in [6.07, 6.45) is 3.25. The minimum Gasteiger partial charge on any atom is -0.423 e. The van der Waals surface area contributed by atoms with Crippen molar-refractivity contribution in [1.29, 1.82) is 0 Å². The lowest BCUT2D eigenvalue weighted by Crippen LogP contribution is -2.22. The third-order valence-corrected chi connectivity index (χ3v) is 7.19. The third kappa shape index (κ3) is 5.58. The summed E-state index contributed by atoms with van der Waals surface area (Å²) in [6, 6.07) is 12.1. The molecule has 3 rings (SSSR count). The predicted molar refractivity (Wildman–Crippen MR) is 120 cm³/mol. The van der Waals surface area contributed by atoms with E-state index >= 15 is 0 Å². The lowest BCUT2D eigenvalue weighted by atomic mass is 10.1. The number of thioether (sulfide) groups is 1. The van der Waals surface area contributed by atoms with E-state index in [9.17, 15) is 18.0 Å². The monoisotopic (exact) mass is 471 g/mol. The fourth-order valence-electron chi connectivity index (χ4n) is 2.65. The molecule has 0 aliphatic rings. The van der Waals surface area contributed by atoms with Gasteiger partial charge in [-0.25, -0.2) is 27.5 Å². The smallest absolute Gasteiger partial charge is 0.343 e. The molecular weight excluding hydrogens is 450 g/mol. The van der Waals surface area contributed by atoms with Gasteiger partial charge in [0.2, 0.25) is 10.0 Å². The van der Waals surface area contributed by atoms with Gasteiger partial charge in [0.05, 0.1) is 10.5 Å². The summed E-state index contributed by atoms with van der Waals surface area (Å²) in [4.78, 5) is 32.9. The molecule has 0 amide bonds. The largest absolute Gasteiger partial charge is 0.423 e. The topological polar surface area (TPSA) is 107 Å². The highest BCUT2D eigenvalue weighted by atomic mass is 32.2. The van der Waals surface area contributed by atoms with Crippen molar-refractivity contribution < 1.29 is 22.7 Å². The maximum atomic E-state index is 12.7. The van der Waals surface area contributed by atoms with Crippen molar-refractivity contribution in [3.05, 3.63) is 77.6 Å². The first kappa shape index (κ1) is 23.6. The van der Waals surface area contributed by atoms with Crippen LogP contribution >= 0.6 is 11.8 Å². The SMILES string of the molecule is CC(=O)c1ccc(OC(=O)c2ccc(S(=O)(=O)N(C)C)cc2)c(CSc2ncccn2)c1. The number of rotatable bonds is 8. The summed E-state index contributed by atoms with van der Waals surface area (Å²) in [5, 5.41) is 0.552. The maximum Gasteiger partial charge on any atom is 0.343 e. The third-order valence-electron chi connectivity index (χ3n) is 4.44. The van der Waals surface area contributed by atoms with E-state index in [1.807, 2.05) is 0 Å². The van der Waals surface area contributed by atoms with Crippen molar-refractivity contribution in [3.8, 4) is 5.75 Å². The Hall–Kier alpha value is -3.08. The molecule has 0 unspecified atom stereocenters. The number of sulfonamides is 1. The Balaban J connectivity index is 1.82. The molecule has 0 saturated carbocycles. The number of ether oxygens (including phenoxy) is 1. The molecular formula is C22H21N3O5S2. The van der Waals surface area contributed by atoms with Gasteiger partial charge in [-0.15, -0.1) is 0 Å². The minimum atomic E-state index is -3.60. The first-order chi connectivity index (χ1) is 15.2. The zero-order valence-electron chi connectivity index (χ0n) is 17.7. The standard InChI is InChI=1S/C22H21N3O5S2/c1-15(26)17-7-10-20(18(13-17)14-31-22-23-11-4-12-24-22)30-21(27)16-5-8-19(9-6-16)32(28,29)25(2)3/h4-13H,14H2,1-3H3. The van der Waals surface area contributed by atoms with E-state index < -0.39 is 16.0 Å². The molecule has 0 saturated heterocycles. The highest BCUT2D eigenvalue weighted by Crippen LogP contribution is 2.28. The first-order valence-electron chi connectivity index (χ1n) is 9.47. The highest BCUT2D eigenvalue weighted by molar-refractivity contribution is 7.98. The van der Waals surface area contributed by atoms with Crippen molar-refractivity contribution in [3.63, 3.8) is 0 Å². The summed E-state index contributed by atoms with van der Waals surface area (Å²) >= 11 is 1.34. The molecule has 0 fully saturated rings. The van der Waals surface area contributed by atoms with E-state index in [2.05, 4.69) is 9.97 Å². The van der Waals surface area contributed by atoms with Crippen LogP contribution in [-0.4, -0.2) is 48.5 Å². The Morgan fingerprint density at radius 1 is 1.00 bits per heavy atom. The van der Waals surface area contributed by atoms with Crippen LogP contribution in [-0.2, 0) is 15.8 Å². The fraction of sp³-hybridized carbons (Fsp3) is 0.182. The number of benzene rings is 2. The van der Waals surface area contributed by atoms with Crippen LogP contribution in [0.15, 0.2) is 71.0 Å². The zero-order chi connectivity index (χ0) is 23.3. The molecule has 32 heavy (non-hydrogen) atoms. The Labute approximate surface area is 190 Å². The normalized spacial score (nSPS) is 11.4. The van der Waals surface area contributed by atoms with Crippen LogP contribution in [0.4, 0.5) is 0 Å². The fourth-order valence-corrected chi connectivity index (χ4v) is 4.33. The van der Waals surface area contributed by atoms with Gasteiger partial charge >= 0.3 is 5.97 Å². The molecule has 0 N–H and O–H groups in total. The summed E-state index contributed by atoms with van der Waals surface area (Å²) in [6.45, 7) is 1.46. The number of Topliss-reactive ketones (excluding diaryl/α,β-unsaturated/α-hetero) is 1. The van der Waals surface area contributed by atoms with E-state index in [1.54, 1.807) is 36.7 Å². The van der Waals surface area contributed by atoms with Gasteiger partial charge in [0, 0.05) is 43.4 Å². The van der Waals surface area contributed by atoms with E-state index in [-0.39, 0.29) is 16.2 Å². The molecule has 166 valence electrons. The van der Waals surface area contributed by atoms with Crippen molar-refractivity contribution in [2.24, 2.45) is 0 Å². The van der Waals surface area contributed by atoms with E-state index in [0.717, 1.165) is 4.31 Å². The summed E-state index contributed by atoms with van der Waals surface area (Å²) in [5.74, 6) is -0.0684. The van der Waals surface area contributed by atoms with E-state index in [1.165, 1.54) is 57.0 Å². The summed E-state index contributed by atoms with van der Waals surface area (Å²) in [7, 11) is -0.731. The van der Waals surface area contributed by atoms with Crippen LogP contribution in [0.25, 0.3) is 0 Å². The van der Waals surface area contributed by atoms with Crippen LogP contribution in [0.5, 0.6) is 5.75 Å². The number of aromatic nitrogens is 2. The van der Waals surface area contributed by atoms with E-state index in [4.69, 9.17) is 4.74 Å². The van der Waals surface area contributed by atoms with Gasteiger partial charge in [-0.2, -0.15) is 0 Å². The second-order valence-corrected chi connectivity index (χ2v) is 9.99. The Morgan fingerprint density at radius 2 is 1.62 bits per heavy atom. The van der Waals surface area contributed by atoms with Crippen LogP contribution < -0.4 is 4.74 Å². The molecule has 1 aromatic heterocycles. The van der Waals surface area contributed by atoms with E-state index in [0.29, 0.717) is 27.8 Å². The number of ketones is 1. The molecule has 0 aliphatic carbocycles. The summed E-state index contributed by atoms with van der Waals surface area (Å²) < 4.78 is 31.0. The van der Waals surface area contributed by atoms with Crippen LogP contribution in [0, 0.1) is 0 Å². The number of carbonyl (C=O) groups excluding carboxylic acids is 2. The van der Waals surface area contributed by atoms with Gasteiger partial charge in [-0.05, 0) is 55.5 Å². The maximum absolute atomic E-state index is 12.7. The number of carbonyl (C=O) groups is 2. The average Bonchev–Trinajstić information content (AvgIpc) is 2.78. The van der Waals surface area contributed by atoms with Gasteiger partial charge in [0.15, 0.2) is 10.9 Å². The molecule has 0 aliphatic heterocycles. The van der Waals surface area contributed by atoms with Crippen molar-refractivity contribution in [2.75, 3.05) is 14.1 Å². The van der Waals surface area contributed by atoms with Crippen molar-refractivity contribution >= 4 is 33.5 Å². The quantitative estimate of drug-likeness (QED) is 0.162. The highest BCUT2D eigenvalue weighted by Gasteiger charge is 2.19. The molecule has 1 heterocycles. The molecule has 0 spiro atoms. The molecule has 2 aromatic carbocycles. The van der Waals surface area contributed by atoms with Crippen molar-refractivity contribution in [2.45, 2.75) is 22.7 Å². The molecule has 0 radical (unpaired) electrons. The Morgan fingerprint density at radius 3 is 2.22 bits per heavy atom. The van der Waals surface area contributed by atoms with Gasteiger partial charge in [-0.3, -0.25) is 4.79 Å². The van der Waals surface area contributed by atoms with Crippen molar-refractivity contribution in [1.82, 2.24) is 14.3 Å².